The van der Waals surface area contributed by atoms with Gasteiger partial charge in [-0.3, -0.25) is 4.79 Å². The molecular formula is C12H21N3O2. The van der Waals surface area contributed by atoms with Crippen LogP contribution in [0.3, 0.4) is 0 Å². The molecule has 0 spiro atoms. The number of hydrogen-bond acceptors (Lipinski definition) is 4. The van der Waals surface area contributed by atoms with Gasteiger partial charge in [-0.1, -0.05) is 25.9 Å². The Morgan fingerprint density at radius 2 is 2.06 bits per heavy atom. The third-order valence-corrected chi connectivity index (χ3v) is 2.84. The molecule has 0 radical (unpaired) electrons. The minimum atomic E-state index is -0.525. The molecule has 0 aliphatic rings. The summed E-state index contributed by atoms with van der Waals surface area (Å²) in [7, 11) is 0. The Balaban J connectivity index is 2.61. The molecule has 5 nitrogen and oxygen atoms in total. The number of nitrogens with zero attached hydrogens (tertiary/aromatic N) is 1. The van der Waals surface area contributed by atoms with Gasteiger partial charge in [0.25, 0.3) is 0 Å². The molecule has 0 aliphatic carbocycles. The second-order valence-corrected chi connectivity index (χ2v) is 5.36. The summed E-state index contributed by atoms with van der Waals surface area (Å²) in [4.78, 5) is 11.8. The average Bonchev–Trinajstić information content (AvgIpc) is 2.53. The van der Waals surface area contributed by atoms with Crippen LogP contribution in [0.4, 0.5) is 0 Å². The third kappa shape index (κ3) is 3.30. The van der Waals surface area contributed by atoms with E-state index in [-0.39, 0.29) is 11.3 Å². The van der Waals surface area contributed by atoms with Gasteiger partial charge in [-0.25, -0.2) is 0 Å². The molecule has 0 fully saturated rings. The molecular weight excluding hydrogens is 218 g/mol. The lowest BCUT2D eigenvalue weighted by atomic mass is 9.87. The van der Waals surface area contributed by atoms with E-state index in [1.165, 1.54) is 0 Å². The molecule has 0 aromatic carbocycles. The van der Waals surface area contributed by atoms with Crippen molar-refractivity contribution in [3.05, 3.63) is 17.0 Å². The fourth-order valence-corrected chi connectivity index (χ4v) is 1.43. The van der Waals surface area contributed by atoms with Crippen LogP contribution >= 0.6 is 0 Å². The highest BCUT2D eigenvalue weighted by Crippen LogP contribution is 2.17. The number of aryl methyl sites for hydroxylation is 2. The molecule has 1 atom stereocenters. The molecule has 0 bridgehead atoms. The summed E-state index contributed by atoms with van der Waals surface area (Å²) in [6, 6.07) is -0.525. The molecule has 3 N–H and O–H groups in total. The Hall–Kier alpha value is -1.36. The minimum Gasteiger partial charge on any atom is -0.361 e. The van der Waals surface area contributed by atoms with Crippen molar-refractivity contribution in [2.75, 3.05) is 0 Å². The van der Waals surface area contributed by atoms with E-state index in [1.54, 1.807) is 0 Å². The van der Waals surface area contributed by atoms with Crippen molar-refractivity contribution >= 4 is 5.91 Å². The van der Waals surface area contributed by atoms with Crippen LogP contribution in [0.15, 0.2) is 4.52 Å². The average molecular weight is 239 g/mol. The highest BCUT2D eigenvalue weighted by atomic mass is 16.5. The molecule has 1 heterocycles. The first kappa shape index (κ1) is 13.7. The Bertz CT molecular complexity index is 385. The number of nitrogens with two attached hydrogens (primary N) is 1. The predicted molar refractivity (Wildman–Crippen MR) is 65.3 cm³/mol. The quantitative estimate of drug-likeness (QED) is 0.832. The van der Waals surface area contributed by atoms with Gasteiger partial charge in [-0.2, -0.15) is 0 Å². The predicted octanol–water partition coefficient (Wildman–Crippen LogP) is 1.28. The molecule has 1 amide bonds. The number of hydrogen-bond donors (Lipinski definition) is 2. The van der Waals surface area contributed by atoms with Gasteiger partial charge < -0.3 is 15.6 Å². The highest BCUT2D eigenvalue weighted by molar-refractivity contribution is 5.82. The first-order valence-electron chi connectivity index (χ1n) is 5.68. The lowest BCUT2D eigenvalue weighted by molar-refractivity contribution is -0.124. The summed E-state index contributed by atoms with van der Waals surface area (Å²) >= 11 is 0. The van der Waals surface area contributed by atoms with Gasteiger partial charge in [-0.15, -0.1) is 0 Å². The topological polar surface area (TPSA) is 81.2 Å². The van der Waals surface area contributed by atoms with Crippen LogP contribution in [0.1, 0.15) is 37.8 Å². The lowest BCUT2D eigenvalue weighted by Gasteiger charge is -2.25. The molecule has 1 rings (SSSR count). The molecule has 96 valence electrons. The van der Waals surface area contributed by atoms with Crippen molar-refractivity contribution in [1.29, 1.82) is 0 Å². The number of rotatable bonds is 3. The SMILES string of the molecule is Cc1noc(C)c1CNC(=O)[C@@H](N)C(C)(C)C. The van der Waals surface area contributed by atoms with E-state index in [0.29, 0.717) is 6.54 Å². The maximum Gasteiger partial charge on any atom is 0.237 e. The first-order valence-corrected chi connectivity index (χ1v) is 5.68. The van der Waals surface area contributed by atoms with E-state index in [1.807, 2.05) is 34.6 Å². The molecule has 5 heteroatoms. The van der Waals surface area contributed by atoms with E-state index >= 15 is 0 Å². The minimum absolute atomic E-state index is 0.155. The molecule has 17 heavy (non-hydrogen) atoms. The summed E-state index contributed by atoms with van der Waals surface area (Å²) < 4.78 is 5.02. The second-order valence-electron chi connectivity index (χ2n) is 5.36. The van der Waals surface area contributed by atoms with E-state index in [0.717, 1.165) is 17.0 Å². The number of nitrogens with one attached hydrogen (secondary N) is 1. The molecule has 0 unspecified atom stereocenters. The Morgan fingerprint density at radius 3 is 2.47 bits per heavy atom. The summed E-state index contributed by atoms with van der Waals surface area (Å²) in [5, 5.41) is 6.64. The molecule has 0 aliphatic heterocycles. The van der Waals surface area contributed by atoms with Crippen LogP contribution in [0.25, 0.3) is 0 Å². The van der Waals surface area contributed by atoms with Gasteiger partial charge in [0.1, 0.15) is 5.76 Å². The van der Waals surface area contributed by atoms with Crippen LogP contribution in [0.5, 0.6) is 0 Å². The fraction of sp³-hybridized carbons (Fsp3) is 0.667. The zero-order chi connectivity index (χ0) is 13.2. The van der Waals surface area contributed by atoms with Gasteiger partial charge >= 0.3 is 0 Å². The van der Waals surface area contributed by atoms with Crippen molar-refractivity contribution in [1.82, 2.24) is 10.5 Å². The van der Waals surface area contributed by atoms with Crippen LogP contribution in [0, 0.1) is 19.3 Å². The van der Waals surface area contributed by atoms with Crippen LogP contribution in [-0.2, 0) is 11.3 Å². The van der Waals surface area contributed by atoms with Gasteiger partial charge in [-0.05, 0) is 19.3 Å². The number of carbonyl (C=O) groups is 1. The first-order chi connectivity index (χ1) is 7.73. The van der Waals surface area contributed by atoms with Crippen LogP contribution in [-0.4, -0.2) is 17.1 Å². The highest BCUT2D eigenvalue weighted by Gasteiger charge is 2.27. The molecule has 0 saturated carbocycles. The largest absolute Gasteiger partial charge is 0.361 e. The number of aromatic nitrogens is 1. The van der Waals surface area contributed by atoms with E-state index in [9.17, 15) is 4.79 Å². The van der Waals surface area contributed by atoms with Crippen LogP contribution in [0.2, 0.25) is 0 Å². The maximum atomic E-state index is 11.8. The van der Waals surface area contributed by atoms with Gasteiger partial charge in [0.05, 0.1) is 11.7 Å². The monoisotopic (exact) mass is 239 g/mol. The summed E-state index contributed by atoms with van der Waals surface area (Å²) in [6.07, 6.45) is 0. The molecule has 0 saturated heterocycles. The van der Waals surface area contributed by atoms with E-state index in [4.69, 9.17) is 10.3 Å². The fourth-order valence-electron chi connectivity index (χ4n) is 1.43. The standard InChI is InChI=1S/C12H21N3O2/c1-7-9(8(2)17-15-7)6-14-11(16)10(13)12(3,4)5/h10H,6,13H2,1-5H3,(H,14,16)/t10-/m1/s1. The Kier molecular flexibility index (Phi) is 3.93. The second kappa shape index (κ2) is 4.87. The normalized spacial score (nSPS) is 13.5. The van der Waals surface area contributed by atoms with Gasteiger partial charge in [0.15, 0.2) is 0 Å². The van der Waals surface area contributed by atoms with Crippen molar-refractivity contribution in [3.8, 4) is 0 Å². The lowest BCUT2D eigenvalue weighted by Crippen LogP contribution is -2.48. The van der Waals surface area contributed by atoms with Crippen molar-refractivity contribution in [3.63, 3.8) is 0 Å². The zero-order valence-electron chi connectivity index (χ0n) is 11.1. The van der Waals surface area contributed by atoms with Gasteiger partial charge in [0.2, 0.25) is 5.91 Å². The maximum absolute atomic E-state index is 11.8. The van der Waals surface area contributed by atoms with Crippen molar-refractivity contribution < 1.29 is 9.32 Å². The van der Waals surface area contributed by atoms with Crippen LogP contribution < -0.4 is 11.1 Å². The van der Waals surface area contributed by atoms with E-state index in [2.05, 4.69) is 10.5 Å². The van der Waals surface area contributed by atoms with Gasteiger partial charge in [0, 0.05) is 12.1 Å². The zero-order valence-corrected chi connectivity index (χ0v) is 11.1. The number of carbonyl (C=O) groups excluding carboxylic acids is 1. The summed E-state index contributed by atoms with van der Waals surface area (Å²) in [5.41, 5.74) is 7.33. The Labute approximate surface area is 102 Å². The Morgan fingerprint density at radius 1 is 1.47 bits per heavy atom. The van der Waals surface area contributed by atoms with Crippen molar-refractivity contribution in [2.24, 2.45) is 11.1 Å². The smallest absolute Gasteiger partial charge is 0.237 e. The summed E-state index contributed by atoms with van der Waals surface area (Å²) in [5.74, 6) is 0.574. The number of amides is 1. The van der Waals surface area contributed by atoms with E-state index < -0.39 is 6.04 Å². The third-order valence-electron chi connectivity index (χ3n) is 2.84. The summed E-state index contributed by atoms with van der Waals surface area (Å²) in [6.45, 7) is 9.89. The molecule has 1 aromatic heterocycles. The van der Waals surface area contributed by atoms with Crippen molar-refractivity contribution in [2.45, 2.75) is 47.2 Å². The molecule has 1 aromatic rings.